The third-order valence-corrected chi connectivity index (χ3v) is 3.50. The van der Waals surface area contributed by atoms with Crippen molar-refractivity contribution >= 4 is 11.6 Å². The zero-order valence-electron chi connectivity index (χ0n) is 10.6. The number of carbonyl (C=O) groups is 1. The molecule has 1 aromatic heterocycles. The van der Waals surface area contributed by atoms with Gasteiger partial charge in [0.15, 0.2) is 5.69 Å². The molecule has 0 spiro atoms. The molecule has 0 radical (unpaired) electrons. The third-order valence-electron chi connectivity index (χ3n) is 3.50. The van der Waals surface area contributed by atoms with E-state index in [9.17, 15) is 9.90 Å². The Morgan fingerprint density at radius 2 is 2.44 bits per heavy atom. The number of hydrogen-bond donors (Lipinski definition) is 3. The van der Waals surface area contributed by atoms with Gasteiger partial charge in [-0.05, 0) is 25.2 Å². The Kier molecular flexibility index (Phi) is 3.86. The van der Waals surface area contributed by atoms with Crippen LogP contribution in [-0.2, 0) is 6.42 Å². The van der Waals surface area contributed by atoms with Crippen LogP contribution < -0.4 is 5.73 Å². The van der Waals surface area contributed by atoms with Gasteiger partial charge in [0.25, 0.3) is 5.91 Å². The van der Waals surface area contributed by atoms with Crippen molar-refractivity contribution in [1.29, 1.82) is 0 Å². The van der Waals surface area contributed by atoms with E-state index in [2.05, 4.69) is 10.2 Å². The molecular weight excluding hydrogens is 232 g/mol. The van der Waals surface area contributed by atoms with Gasteiger partial charge in [0.05, 0.1) is 11.4 Å². The van der Waals surface area contributed by atoms with Crippen molar-refractivity contribution in [1.82, 2.24) is 15.1 Å². The molecule has 1 amide bonds. The summed E-state index contributed by atoms with van der Waals surface area (Å²) in [5.41, 5.74) is 7.46. The van der Waals surface area contributed by atoms with Crippen LogP contribution in [0.2, 0.25) is 0 Å². The number of likely N-dealkylation sites (tertiary alicyclic amines) is 1. The van der Waals surface area contributed by atoms with Gasteiger partial charge in [-0.15, -0.1) is 0 Å². The quantitative estimate of drug-likeness (QED) is 0.725. The second-order valence-electron chi connectivity index (χ2n) is 4.76. The van der Waals surface area contributed by atoms with Crippen LogP contribution in [0.1, 0.15) is 35.9 Å². The maximum absolute atomic E-state index is 12.3. The lowest BCUT2D eigenvalue weighted by molar-refractivity contribution is 0.0616. The summed E-state index contributed by atoms with van der Waals surface area (Å²) in [7, 11) is 0. The molecule has 0 bridgehead atoms. The first kappa shape index (κ1) is 12.9. The summed E-state index contributed by atoms with van der Waals surface area (Å²) in [5, 5.41) is 16.0. The van der Waals surface area contributed by atoms with Gasteiger partial charge >= 0.3 is 0 Å². The number of nitrogens with zero attached hydrogens (tertiary/aromatic N) is 2. The molecule has 2 heterocycles. The van der Waals surface area contributed by atoms with E-state index in [1.54, 1.807) is 4.90 Å². The summed E-state index contributed by atoms with van der Waals surface area (Å²) in [6.07, 6.45) is 2.61. The largest absolute Gasteiger partial charge is 0.396 e. The van der Waals surface area contributed by atoms with Crippen LogP contribution in [0.25, 0.3) is 0 Å². The molecule has 2 rings (SSSR count). The monoisotopic (exact) mass is 252 g/mol. The number of H-pyrrole nitrogens is 1. The number of nitrogen functional groups attached to an aromatic ring is 1. The molecule has 0 aromatic carbocycles. The summed E-state index contributed by atoms with van der Waals surface area (Å²) in [4.78, 5) is 14.0. The standard InChI is InChI=1S/C12H20N4O2/c1-2-9-10(13)11(15-14-9)12(18)16-5-3-4-8(6-16)7-17/h8,17H,2-7,13H2,1H3,(H,14,15). The molecule has 1 saturated heterocycles. The van der Waals surface area contributed by atoms with E-state index < -0.39 is 0 Å². The maximum Gasteiger partial charge on any atom is 0.276 e. The minimum atomic E-state index is -0.137. The maximum atomic E-state index is 12.3. The lowest BCUT2D eigenvalue weighted by Gasteiger charge is -2.31. The van der Waals surface area contributed by atoms with Gasteiger partial charge < -0.3 is 15.7 Å². The van der Waals surface area contributed by atoms with Gasteiger partial charge in [0.2, 0.25) is 0 Å². The molecule has 1 aliphatic rings. The summed E-state index contributed by atoms with van der Waals surface area (Å²) >= 11 is 0. The second-order valence-corrected chi connectivity index (χ2v) is 4.76. The Morgan fingerprint density at radius 1 is 1.67 bits per heavy atom. The van der Waals surface area contributed by atoms with Gasteiger partial charge in [-0.25, -0.2) is 0 Å². The van der Waals surface area contributed by atoms with Crippen LogP contribution in [0.5, 0.6) is 0 Å². The molecule has 6 nitrogen and oxygen atoms in total. The Morgan fingerprint density at radius 3 is 3.06 bits per heavy atom. The minimum absolute atomic E-state index is 0.125. The highest BCUT2D eigenvalue weighted by Crippen LogP contribution is 2.21. The number of anilines is 1. The van der Waals surface area contributed by atoms with Gasteiger partial charge in [0.1, 0.15) is 0 Å². The van der Waals surface area contributed by atoms with Crippen LogP contribution in [0.3, 0.4) is 0 Å². The van der Waals surface area contributed by atoms with Gasteiger partial charge in [-0.1, -0.05) is 6.92 Å². The molecule has 1 aliphatic heterocycles. The molecule has 0 saturated carbocycles. The molecule has 18 heavy (non-hydrogen) atoms. The van der Waals surface area contributed by atoms with E-state index in [0.717, 1.165) is 25.0 Å². The molecular formula is C12H20N4O2. The fraction of sp³-hybridized carbons (Fsp3) is 0.667. The zero-order chi connectivity index (χ0) is 13.1. The van der Waals surface area contributed by atoms with Crippen molar-refractivity contribution in [3.8, 4) is 0 Å². The van der Waals surface area contributed by atoms with E-state index in [-0.39, 0.29) is 18.4 Å². The number of hydrogen-bond acceptors (Lipinski definition) is 4. The van der Waals surface area contributed by atoms with Crippen molar-refractivity contribution in [2.75, 3.05) is 25.4 Å². The average Bonchev–Trinajstić information content (AvgIpc) is 2.79. The van der Waals surface area contributed by atoms with E-state index in [4.69, 9.17) is 5.73 Å². The van der Waals surface area contributed by atoms with Gasteiger partial charge in [-0.3, -0.25) is 9.89 Å². The summed E-state index contributed by atoms with van der Waals surface area (Å²) in [5.74, 6) is 0.0371. The van der Waals surface area contributed by atoms with E-state index >= 15 is 0 Å². The molecule has 4 N–H and O–H groups in total. The number of amides is 1. The number of rotatable bonds is 3. The predicted molar refractivity (Wildman–Crippen MR) is 68.1 cm³/mol. The Balaban J connectivity index is 2.12. The molecule has 1 fully saturated rings. The number of aryl methyl sites for hydroxylation is 1. The third kappa shape index (κ3) is 2.33. The van der Waals surface area contributed by atoms with Crippen LogP contribution in [-0.4, -0.2) is 45.8 Å². The lowest BCUT2D eigenvalue weighted by Crippen LogP contribution is -2.41. The second kappa shape index (κ2) is 5.39. The molecule has 1 aromatic rings. The van der Waals surface area contributed by atoms with Crippen LogP contribution >= 0.6 is 0 Å². The lowest BCUT2D eigenvalue weighted by atomic mass is 9.99. The van der Waals surface area contributed by atoms with Crippen molar-refractivity contribution in [2.24, 2.45) is 5.92 Å². The molecule has 0 aliphatic carbocycles. The smallest absolute Gasteiger partial charge is 0.276 e. The SMILES string of the molecule is CCc1[nH]nc(C(=O)N2CCCC(CO)C2)c1N. The fourth-order valence-corrected chi connectivity index (χ4v) is 2.37. The van der Waals surface area contributed by atoms with Crippen LogP contribution in [0.4, 0.5) is 5.69 Å². The highest BCUT2D eigenvalue weighted by molar-refractivity contribution is 5.97. The van der Waals surface area contributed by atoms with Gasteiger partial charge in [0, 0.05) is 19.7 Å². The number of aliphatic hydroxyl groups excluding tert-OH is 1. The number of nitrogens with two attached hydrogens (primary N) is 1. The van der Waals surface area contributed by atoms with Crippen LogP contribution in [0, 0.1) is 5.92 Å². The van der Waals surface area contributed by atoms with Crippen molar-refractivity contribution in [3.05, 3.63) is 11.4 Å². The minimum Gasteiger partial charge on any atom is -0.396 e. The van der Waals surface area contributed by atoms with E-state index in [0.29, 0.717) is 24.5 Å². The van der Waals surface area contributed by atoms with Crippen molar-refractivity contribution in [2.45, 2.75) is 26.2 Å². The van der Waals surface area contributed by atoms with Crippen molar-refractivity contribution in [3.63, 3.8) is 0 Å². The fourth-order valence-electron chi connectivity index (χ4n) is 2.37. The summed E-state index contributed by atoms with van der Waals surface area (Å²) < 4.78 is 0. The first-order valence-electron chi connectivity index (χ1n) is 6.40. The molecule has 6 heteroatoms. The highest BCUT2D eigenvalue weighted by Gasteiger charge is 2.27. The summed E-state index contributed by atoms with van der Waals surface area (Å²) in [6.45, 7) is 3.38. The number of carbonyl (C=O) groups excluding carboxylic acids is 1. The average molecular weight is 252 g/mol. The van der Waals surface area contributed by atoms with E-state index in [1.165, 1.54) is 0 Å². The first-order chi connectivity index (χ1) is 8.67. The molecule has 1 unspecified atom stereocenters. The number of aliphatic hydroxyl groups is 1. The first-order valence-corrected chi connectivity index (χ1v) is 6.40. The number of nitrogens with one attached hydrogen (secondary N) is 1. The highest BCUT2D eigenvalue weighted by atomic mass is 16.3. The number of piperidine rings is 1. The Bertz CT molecular complexity index is 430. The molecule has 1 atom stereocenters. The van der Waals surface area contributed by atoms with E-state index in [1.807, 2.05) is 6.92 Å². The number of aromatic amines is 1. The Hall–Kier alpha value is -1.56. The normalized spacial score (nSPS) is 20.1. The van der Waals surface area contributed by atoms with Gasteiger partial charge in [-0.2, -0.15) is 5.10 Å². The summed E-state index contributed by atoms with van der Waals surface area (Å²) in [6, 6.07) is 0. The number of aromatic nitrogens is 2. The predicted octanol–water partition coefficient (Wildman–Crippen LogP) is 0.399. The zero-order valence-corrected chi connectivity index (χ0v) is 10.6. The Labute approximate surface area is 106 Å². The van der Waals surface area contributed by atoms with Crippen molar-refractivity contribution < 1.29 is 9.90 Å². The van der Waals surface area contributed by atoms with Crippen LogP contribution in [0.15, 0.2) is 0 Å². The topological polar surface area (TPSA) is 95.2 Å². The molecule has 100 valence electrons.